The summed E-state index contributed by atoms with van der Waals surface area (Å²) in [6.07, 6.45) is 0. The van der Waals surface area contributed by atoms with Crippen molar-refractivity contribution >= 4 is 17.6 Å². The Morgan fingerprint density at radius 1 is 1.43 bits per heavy atom. The summed E-state index contributed by atoms with van der Waals surface area (Å²) in [7, 11) is 0. The van der Waals surface area contributed by atoms with Gasteiger partial charge in [0.2, 0.25) is 0 Å². The first-order valence-electron chi connectivity index (χ1n) is 3.64. The van der Waals surface area contributed by atoms with Gasteiger partial charge in [0, 0.05) is 0 Å². The maximum Gasteiger partial charge on any atom is 0.353 e. The van der Waals surface area contributed by atoms with Crippen LogP contribution in [0.25, 0.3) is 0 Å². The van der Waals surface area contributed by atoms with Gasteiger partial charge in [-0.3, -0.25) is 10.8 Å². The minimum atomic E-state index is -2.52. The number of nitrogens with two attached hydrogens (primary N) is 2. The first-order chi connectivity index (χ1) is 6.43. The highest BCUT2D eigenvalue weighted by molar-refractivity contribution is 6.27. The Morgan fingerprint density at radius 3 is 2.07 bits per heavy atom. The fourth-order valence-corrected chi connectivity index (χ4v) is 0.736. The average Bonchev–Trinajstić information content (AvgIpc) is 2.05. The number of nitroso groups, excluding NO2 is 1. The van der Waals surface area contributed by atoms with E-state index in [2.05, 4.69) is 9.91 Å². The zero-order chi connectivity index (χ0) is 11.4. The number of hydrogen-bond donors (Lipinski definition) is 4. The van der Waals surface area contributed by atoms with Crippen LogP contribution < -0.4 is 11.5 Å². The monoisotopic (exact) mass is 201 g/mol. The molecule has 8 heteroatoms. The van der Waals surface area contributed by atoms with Crippen molar-refractivity contribution in [1.29, 1.82) is 10.8 Å². The number of ether oxygens (including phenoxy) is 1. The standard InChI is InChI=1S/C6H11N5O3/c1-2-14-5(12)6(11-13,3(7)8)4(9)10/h2H2,1H3,(H3,7,8)(H3,9,10). The smallest absolute Gasteiger partial charge is 0.353 e. The Labute approximate surface area is 79.6 Å². The molecule has 0 radical (unpaired) electrons. The van der Waals surface area contributed by atoms with E-state index in [1.54, 1.807) is 0 Å². The molecular formula is C6H11N5O3. The predicted molar refractivity (Wildman–Crippen MR) is 49.0 cm³/mol. The molecule has 0 aromatic carbocycles. The summed E-state index contributed by atoms with van der Waals surface area (Å²) < 4.78 is 4.45. The molecule has 0 aliphatic rings. The van der Waals surface area contributed by atoms with Crippen LogP contribution in [0.3, 0.4) is 0 Å². The molecule has 0 unspecified atom stereocenters. The number of hydrogen-bond acceptors (Lipinski definition) is 6. The molecule has 0 spiro atoms. The summed E-state index contributed by atoms with van der Waals surface area (Å²) in [6, 6.07) is 0. The molecule has 6 N–H and O–H groups in total. The van der Waals surface area contributed by atoms with Crippen molar-refractivity contribution in [3.63, 3.8) is 0 Å². The number of carbonyl (C=O) groups is 1. The summed E-state index contributed by atoms with van der Waals surface area (Å²) in [4.78, 5) is 21.7. The lowest BCUT2D eigenvalue weighted by Crippen LogP contribution is -2.58. The normalized spacial score (nSPS) is 13.8. The summed E-state index contributed by atoms with van der Waals surface area (Å²) in [5, 5.41) is 16.3. The molecule has 78 valence electrons. The molecule has 0 rings (SSSR count). The van der Waals surface area contributed by atoms with Gasteiger partial charge in [0.1, 0.15) is 11.7 Å². The first kappa shape index (κ1) is 12.0. The number of esters is 1. The van der Waals surface area contributed by atoms with E-state index in [-0.39, 0.29) is 6.61 Å². The number of carbonyl (C=O) groups excluding carboxylic acids is 1. The van der Waals surface area contributed by atoms with Crippen molar-refractivity contribution in [3.8, 4) is 0 Å². The van der Waals surface area contributed by atoms with Gasteiger partial charge in [-0.15, -0.1) is 4.91 Å². The number of rotatable bonds is 5. The Hall–Kier alpha value is -1.99. The maximum absolute atomic E-state index is 11.2. The molecule has 0 amide bonds. The molecule has 0 aromatic heterocycles. The lowest BCUT2D eigenvalue weighted by Gasteiger charge is -2.20. The minimum absolute atomic E-state index is 0.0311. The van der Waals surface area contributed by atoms with E-state index >= 15 is 0 Å². The molecule has 0 saturated carbocycles. The van der Waals surface area contributed by atoms with Crippen LogP contribution in [0.2, 0.25) is 0 Å². The molecule has 0 saturated heterocycles. The van der Waals surface area contributed by atoms with Gasteiger partial charge < -0.3 is 16.2 Å². The molecule has 0 atom stereocenters. The van der Waals surface area contributed by atoms with Crippen LogP contribution in [0.5, 0.6) is 0 Å². The largest absolute Gasteiger partial charge is 0.463 e. The van der Waals surface area contributed by atoms with Crippen LogP contribution in [0.15, 0.2) is 5.18 Å². The van der Waals surface area contributed by atoms with Crippen molar-refractivity contribution < 1.29 is 9.53 Å². The average molecular weight is 201 g/mol. The summed E-state index contributed by atoms with van der Waals surface area (Å²) in [5.41, 5.74) is 7.45. The molecule has 8 nitrogen and oxygen atoms in total. The van der Waals surface area contributed by atoms with Gasteiger partial charge in [0.15, 0.2) is 0 Å². The number of nitrogens with zero attached hydrogens (tertiary/aromatic N) is 1. The van der Waals surface area contributed by atoms with Crippen LogP contribution in [0.1, 0.15) is 6.92 Å². The fraction of sp³-hybridized carbons (Fsp3) is 0.500. The van der Waals surface area contributed by atoms with Gasteiger partial charge in [-0.1, -0.05) is 0 Å². The second-order valence-corrected chi connectivity index (χ2v) is 2.35. The van der Waals surface area contributed by atoms with Crippen LogP contribution >= 0.6 is 0 Å². The van der Waals surface area contributed by atoms with Crippen molar-refractivity contribution in [2.45, 2.75) is 12.5 Å². The highest BCUT2D eigenvalue weighted by Crippen LogP contribution is 2.12. The third kappa shape index (κ3) is 1.68. The van der Waals surface area contributed by atoms with E-state index in [1.165, 1.54) is 6.92 Å². The fourth-order valence-electron chi connectivity index (χ4n) is 0.736. The van der Waals surface area contributed by atoms with E-state index in [9.17, 15) is 9.70 Å². The Bertz CT molecular complexity index is 273. The van der Waals surface area contributed by atoms with Gasteiger partial charge in [0.25, 0.3) is 0 Å². The summed E-state index contributed by atoms with van der Waals surface area (Å²) in [6.45, 7) is 1.46. The predicted octanol–water partition coefficient (Wildman–Crippen LogP) is -1.07. The molecule has 0 bridgehead atoms. The lowest BCUT2D eigenvalue weighted by molar-refractivity contribution is -0.144. The number of amidine groups is 2. The first-order valence-corrected chi connectivity index (χ1v) is 3.64. The van der Waals surface area contributed by atoms with Gasteiger partial charge >= 0.3 is 11.5 Å². The highest BCUT2D eigenvalue weighted by atomic mass is 16.5. The zero-order valence-electron chi connectivity index (χ0n) is 7.53. The molecule has 0 aliphatic carbocycles. The number of nitrogens with one attached hydrogen (secondary N) is 2. The van der Waals surface area contributed by atoms with Crippen LogP contribution in [-0.2, 0) is 9.53 Å². The van der Waals surface area contributed by atoms with Gasteiger partial charge in [-0.05, 0) is 12.1 Å². The van der Waals surface area contributed by atoms with Crippen molar-refractivity contribution in [2.75, 3.05) is 6.61 Å². The van der Waals surface area contributed by atoms with E-state index in [1.807, 2.05) is 0 Å². The Balaban J connectivity index is 5.25. The lowest BCUT2D eigenvalue weighted by atomic mass is 9.98. The minimum Gasteiger partial charge on any atom is -0.463 e. The van der Waals surface area contributed by atoms with Crippen LogP contribution in [-0.4, -0.2) is 29.8 Å². The zero-order valence-corrected chi connectivity index (χ0v) is 7.53. The van der Waals surface area contributed by atoms with Crippen LogP contribution in [0, 0.1) is 15.7 Å². The van der Waals surface area contributed by atoms with Gasteiger partial charge in [-0.2, -0.15) is 0 Å². The third-order valence-corrected chi connectivity index (χ3v) is 1.49. The molecule has 0 aliphatic heterocycles. The van der Waals surface area contributed by atoms with E-state index < -0.39 is 23.2 Å². The Morgan fingerprint density at radius 2 is 1.86 bits per heavy atom. The van der Waals surface area contributed by atoms with Crippen molar-refractivity contribution in [2.24, 2.45) is 16.6 Å². The molecule has 0 aromatic rings. The summed E-state index contributed by atoms with van der Waals surface area (Å²) >= 11 is 0. The highest BCUT2D eigenvalue weighted by Gasteiger charge is 2.49. The molecule has 0 heterocycles. The third-order valence-electron chi connectivity index (χ3n) is 1.49. The van der Waals surface area contributed by atoms with Gasteiger partial charge in [-0.25, -0.2) is 4.79 Å². The van der Waals surface area contributed by atoms with E-state index in [4.69, 9.17) is 22.3 Å². The molecule has 0 fully saturated rings. The van der Waals surface area contributed by atoms with E-state index in [0.29, 0.717) is 0 Å². The van der Waals surface area contributed by atoms with Gasteiger partial charge in [0.05, 0.1) is 6.61 Å². The van der Waals surface area contributed by atoms with E-state index in [0.717, 1.165) is 0 Å². The molecular weight excluding hydrogens is 190 g/mol. The maximum atomic E-state index is 11.2. The Kier molecular flexibility index (Phi) is 3.69. The SMILES string of the molecule is CCOC(=O)C(N=O)(C(=N)N)C(=N)N. The quantitative estimate of drug-likeness (QED) is 0.193. The topological polar surface area (TPSA) is 155 Å². The summed E-state index contributed by atoms with van der Waals surface area (Å²) in [5.74, 6) is -3.08. The van der Waals surface area contributed by atoms with Crippen LogP contribution in [0.4, 0.5) is 0 Å². The molecule has 14 heavy (non-hydrogen) atoms. The second-order valence-electron chi connectivity index (χ2n) is 2.35. The second kappa shape index (κ2) is 4.30. The van der Waals surface area contributed by atoms with Crippen molar-refractivity contribution in [3.05, 3.63) is 4.91 Å². The van der Waals surface area contributed by atoms with Crippen molar-refractivity contribution in [1.82, 2.24) is 0 Å².